The molecular weight excluding hydrogens is 366 g/mol. The largest absolute Gasteiger partial charge is 0.490 e. The van der Waals surface area contributed by atoms with E-state index in [1.165, 1.54) is 0 Å². The van der Waals surface area contributed by atoms with E-state index < -0.39 is 0 Å². The number of piperazine rings is 1. The molecule has 2 N–H and O–H groups in total. The predicted octanol–water partition coefficient (Wildman–Crippen LogP) is 2.35. The van der Waals surface area contributed by atoms with E-state index in [2.05, 4.69) is 60.5 Å². The first-order chi connectivity index (χ1) is 14.0. The predicted molar refractivity (Wildman–Crippen MR) is 120 cm³/mol. The second kappa shape index (κ2) is 11.9. The lowest BCUT2D eigenvalue weighted by Crippen LogP contribution is -2.51. The molecule has 1 aliphatic heterocycles. The summed E-state index contributed by atoms with van der Waals surface area (Å²) in [7, 11) is 4.36. The molecule has 0 amide bonds. The number of rotatable bonds is 9. The number of ether oxygens (including phenoxy) is 2. The van der Waals surface area contributed by atoms with Crippen LogP contribution in [0.1, 0.15) is 39.3 Å². The van der Waals surface area contributed by atoms with Gasteiger partial charge >= 0.3 is 0 Å². The zero-order valence-corrected chi connectivity index (χ0v) is 19.0. The van der Waals surface area contributed by atoms with Gasteiger partial charge in [0.05, 0.1) is 25.8 Å². The van der Waals surface area contributed by atoms with Crippen molar-refractivity contribution in [3.63, 3.8) is 0 Å². The molecule has 164 valence electrons. The third kappa shape index (κ3) is 7.08. The minimum absolute atomic E-state index is 0.0921. The molecule has 0 bridgehead atoms. The van der Waals surface area contributed by atoms with Gasteiger partial charge in [0.1, 0.15) is 0 Å². The topological polar surface area (TPSA) is 61.4 Å². The molecule has 0 radical (unpaired) electrons. The number of likely N-dealkylation sites (N-methyl/N-ethyl adjacent to an activating group) is 2. The summed E-state index contributed by atoms with van der Waals surface area (Å²) in [5.41, 5.74) is 1.14. The number of hydrogen-bond acceptors (Lipinski definition) is 5. The normalized spacial score (nSPS) is 19.7. The van der Waals surface area contributed by atoms with Gasteiger partial charge < -0.3 is 25.0 Å². The van der Waals surface area contributed by atoms with Gasteiger partial charge in [0, 0.05) is 32.2 Å². The molecule has 0 aromatic heterocycles. The van der Waals surface area contributed by atoms with Crippen LogP contribution in [0.4, 0.5) is 0 Å². The van der Waals surface area contributed by atoms with E-state index in [0.29, 0.717) is 19.3 Å². The Hall–Kier alpha value is -1.99. The molecule has 0 aliphatic carbocycles. The first-order valence-electron chi connectivity index (χ1n) is 10.8. The Balaban J connectivity index is 2.08. The van der Waals surface area contributed by atoms with E-state index in [9.17, 15) is 0 Å². The van der Waals surface area contributed by atoms with Crippen LogP contribution in [0.5, 0.6) is 11.5 Å². The molecule has 2 rings (SSSR count). The first kappa shape index (κ1) is 23.3. The molecule has 1 heterocycles. The Bertz CT molecular complexity index is 652. The highest BCUT2D eigenvalue weighted by Gasteiger charge is 2.22. The van der Waals surface area contributed by atoms with Crippen molar-refractivity contribution in [3.8, 4) is 11.5 Å². The zero-order valence-electron chi connectivity index (χ0n) is 19.0. The lowest BCUT2D eigenvalue weighted by molar-refractivity contribution is 0.119. The number of aliphatic imine (C=N–C) groups is 1. The van der Waals surface area contributed by atoms with Gasteiger partial charge in [-0.25, -0.2) is 0 Å². The van der Waals surface area contributed by atoms with Crippen molar-refractivity contribution in [2.45, 2.75) is 39.8 Å². The minimum atomic E-state index is 0.0921. The van der Waals surface area contributed by atoms with Crippen molar-refractivity contribution in [2.24, 2.45) is 4.99 Å². The number of hydrogen-bond donors (Lipinski definition) is 2. The maximum Gasteiger partial charge on any atom is 0.191 e. The molecule has 1 aromatic rings. The Kier molecular flexibility index (Phi) is 9.54. The highest BCUT2D eigenvalue weighted by molar-refractivity contribution is 5.80. The average molecular weight is 406 g/mol. The zero-order chi connectivity index (χ0) is 21.2. The summed E-state index contributed by atoms with van der Waals surface area (Å²) >= 11 is 0. The number of nitrogens with zero attached hydrogens (tertiary/aromatic N) is 3. The summed E-state index contributed by atoms with van der Waals surface area (Å²) in [5, 5.41) is 6.90. The molecule has 7 heteroatoms. The van der Waals surface area contributed by atoms with Crippen LogP contribution in [-0.2, 0) is 0 Å². The molecule has 29 heavy (non-hydrogen) atoms. The van der Waals surface area contributed by atoms with Gasteiger partial charge in [-0.05, 0) is 59.5 Å². The van der Waals surface area contributed by atoms with Gasteiger partial charge in [-0.2, -0.15) is 0 Å². The first-order valence-corrected chi connectivity index (χ1v) is 10.8. The van der Waals surface area contributed by atoms with Crippen LogP contribution >= 0.6 is 0 Å². The SMILES string of the molecule is CCNC(=NCC1CN(C)CCN1C)NC(C)c1ccc(OCC)c(OCC)c1. The summed E-state index contributed by atoms with van der Waals surface area (Å²) < 4.78 is 11.5. The minimum Gasteiger partial charge on any atom is -0.490 e. The Labute approximate surface area is 176 Å². The lowest BCUT2D eigenvalue weighted by Gasteiger charge is -2.37. The molecule has 2 atom stereocenters. The summed E-state index contributed by atoms with van der Waals surface area (Å²) in [6.07, 6.45) is 0. The van der Waals surface area contributed by atoms with Crippen molar-refractivity contribution in [1.82, 2.24) is 20.4 Å². The molecule has 1 aliphatic rings. The Morgan fingerprint density at radius 3 is 2.55 bits per heavy atom. The summed E-state index contributed by atoms with van der Waals surface area (Å²) in [5.74, 6) is 2.41. The van der Waals surface area contributed by atoms with Gasteiger partial charge in [0.25, 0.3) is 0 Å². The highest BCUT2D eigenvalue weighted by Crippen LogP contribution is 2.30. The Morgan fingerprint density at radius 1 is 1.14 bits per heavy atom. The fraction of sp³-hybridized carbons (Fsp3) is 0.682. The smallest absolute Gasteiger partial charge is 0.191 e. The van der Waals surface area contributed by atoms with Gasteiger partial charge in [0.2, 0.25) is 0 Å². The van der Waals surface area contributed by atoms with E-state index in [1.54, 1.807) is 0 Å². The number of benzene rings is 1. The number of guanidine groups is 1. The van der Waals surface area contributed by atoms with E-state index in [-0.39, 0.29) is 6.04 Å². The van der Waals surface area contributed by atoms with Crippen molar-refractivity contribution >= 4 is 5.96 Å². The molecular formula is C22H39N5O2. The van der Waals surface area contributed by atoms with Gasteiger partial charge in [-0.15, -0.1) is 0 Å². The summed E-state index contributed by atoms with van der Waals surface area (Å²) in [6.45, 7) is 14.3. The van der Waals surface area contributed by atoms with Crippen LogP contribution in [-0.4, -0.2) is 81.8 Å². The highest BCUT2D eigenvalue weighted by atomic mass is 16.5. The molecule has 1 saturated heterocycles. The average Bonchev–Trinajstić information content (AvgIpc) is 2.70. The molecule has 1 aromatic carbocycles. The standard InChI is InChI=1S/C22H39N5O2/c1-7-23-22(24-15-19-16-26(5)12-13-27(19)6)25-17(4)18-10-11-20(28-8-2)21(14-18)29-9-3/h10-11,14,17,19H,7-9,12-13,15-16H2,1-6H3,(H2,23,24,25). The van der Waals surface area contributed by atoms with E-state index in [4.69, 9.17) is 14.5 Å². The number of nitrogens with one attached hydrogen (secondary N) is 2. The fourth-order valence-corrected chi connectivity index (χ4v) is 3.44. The third-order valence-corrected chi connectivity index (χ3v) is 5.21. The van der Waals surface area contributed by atoms with E-state index in [1.807, 2.05) is 19.9 Å². The summed E-state index contributed by atoms with van der Waals surface area (Å²) in [6, 6.07) is 6.65. The van der Waals surface area contributed by atoms with Crippen LogP contribution in [0, 0.1) is 0 Å². The second-order valence-electron chi connectivity index (χ2n) is 7.55. The van der Waals surface area contributed by atoms with E-state index >= 15 is 0 Å². The lowest BCUT2D eigenvalue weighted by atomic mass is 10.1. The van der Waals surface area contributed by atoms with Crippen LogP contribution in [0.3, 0.4) is 0 Å². The van der Waals surface area contributed by atoms with Crippen LogP contribution < -0.4 is 20.1 Å². The second-order valence-corrected chi connectivity index (χ2v) is 7.55. The monoisotopic (exact) mass is 405 g/mol. The van der Waals surface area contributed by atoms with Gasteiger partial charge in [-0.1, -0.05) is 6.07 Å². The quantitative estimate of drug-likeness (QED) is 0.486. The fourth-order valence-electron chi connectivity index (χ4n) is 3.44. The molecule has 2 unspecified atom stereocenters. The van der Waals surface area contributed by atoms with Crippen molar-refractivity contribution in [1.29, 1.82) is 0 Å². The van der Waals surface area contributed by atoms with Crippen molar-refractivity contribution in [2.75, 3.05) is 60.0 Å². The Morgan fingerprint density at radius 2 is 1.86 bits per heavy atom. The maximum absolute atomic E-state index is 5.77. The molecule has 1 fully saturated rings. The maximum atomic E-state index is 5.77. The van der Waals surface area contributed by atoms with Crippen LogP contribution in [0.2, 0.25) is 0 Å². The van der Waals surface area contributed by atoms with Crippen LogP contribution in [0.25, 0.3) is 0 Å². The third-order valence-electron chi connectivity index (χ3n) is 5.21. The van der Waals surface area contributed by atoms with Crippen LogP contribution in [0.15, 0.2) is 23.2 Å². The van der Waals surface area contributed by atoms with Gasteiger partial charge in [-0.3, -0.25) is 9.89 Å². The molecule has 0 saturated carbocycles. The van der Waals surface area contributed by atoms with E-state index in [0.717, 1.165) is 55.7 Å². The van der Waals surface area contributed by atoms with Crippen molar-refractivity contribution < 1.29 is 9.47 Å². The van der Waals surface area contributed by atoms with Gasteiger partial charge in [0.15, 0.2) is 17.5 Å². The summed E-state index contributed by atoms with van der Waals surface area (Å²) in [4.78, 5) is 9.64. The molecule has 0 spiro atoms. The van der Waals surface area contributed by atoms with Crippen molar-refractivity contribution in [3.05, 3.63) is 23.8 Å². The molecule has 7 nitrogen and oxygen atoms in total.